The molecular formula is C18H23N3. The molecule has 0 bridgehead atoms. The van der Waals surface area contributed by atoms with Crippen molar-refractivity contribution in [1.29, 1.82) is 0 Å². The summed E-state index contributed by atoms with van der Waals surface area (Å²) >= 11 is 0. The highest BCUT2D eigenvalue weighted by Crippen LogP contribution is 2.15. The van der Waals surface area contributed by atoms with Crippen molar-refractivity contribution in [3.8, 4) is 0 Å². The average molecular weight is 281 g/mol. The molecule has 2 aromatic carbocycles. The fourth-order valence-corrected chi connectivity index (χ4v) is 2.20. The van der Waals surface area contributed by atoms with E-state index in [9.17, 15) is 0 Å². The van der Waals surface area contributed by atoms with Crippen LogP contribution >= 0.6 is 0 Å². The maximum atomic E-state index is 4.57. The van der Waals surface area contributed by atoms with Gasteiger partial charge < -0.3 is 10.6 Å². The van der Waals surface area contributed by atoms with Gasteiger partial charge in [0.15, 0.2) is 5.96 Å². The number of nitrogens with one attached hydrogen (secondary N) is 2. The van der Waals surface area contributed by atoms with Gasteiger partial charge in [-0.1, -0.05) is 48.5 Å². The molecular weight excluding hydrogens is 258 g/mol. The lowest BCUT2D eigenvalue weighted by Crippen LogP contribution is -2.37. The molecule has 0 fully saturated rings. The number of hydrogen-bond acceptors (Lipinski definition) is 1. The zero-order valence-electron chi connectivity index (χ0n) is 12.6. The highest BCUT2D eigenvalue weighted by molar-refractivity contribution is 5.83. The smallest absolute Gasteiger partial charge is 0.191 e. The van der Waals surface area contributed by atoms with Gasteiger partial charge in [0.1, 0.15) is 0 Å². The van der Waals surface area contributed by atoms with Crippen LogP contribution in [0.3, 0.4) is 0 Å². The van der Waals surface area contributed by atoms with Crippen LogP contribution in [0.5, 0.6) is 0 Å². The Kier molecular flexibility index (Phi) is 5.83. The lowest BCUT2D eigenvalue weighted by molar-refractivity contribution is 0.851. The quantitative estimate of drug-likeness (QED) is 0.485. The molecule has 2 N–H and O–H groups in total. The zero-order chi connectivity index (χ0) is 14.9. The Morgan fingerprint density at radius 2 is 1.95 bits per heavy atom. The molecule has 2 rings (SSSR count). The van der Waals surface area contributed by atoms with Crippen LogP contribution in [-0.2, 0) is 6.42 Å². The van der Waals surface area contributed by atoms with Gasteiger partial charge in [0.2, 0.25) is 0 Å². The third kappa shape index (κ3) is 4.63. The first kappa shape index (κ1) is 15.1. The molecule has 0 radical (unpaired) electrons. The second-order valence-corrected chi connectivity index (χ2v) is 4.86. The zero-order valence-corrected chi connectivity index (χ0v) is 12.6. The van der Waals surface area contributed by atoms with E-state index < -0.39 is 0 Å². The molecule has 0 unspecified atom stereocenters. The first-order chi connectivity index (χ1) is 10.3. The molecule has 0 amide bonds. The Morgan fingerprint density at radius 3 is 2.71 bits per heavy atom. The first-order valence-electron chi connectivity index (χ1n) is 7.44. The molecule has 0 aliphatic carbocycles. The van der Waals surface area contributed by atoms with E-state index in [1.54, 1.807) is 0 Å². The first-order valence-corrected chi connectivity index (χ1v) is 7.44. The third-order valence-corrected chi connectivity index (χ3v) is 3.24. The number of nitrogens with zero attached hydrogens (tertiary/aromatic N) is 1. The molecule has 0 aliphatic rings. The summed E-state index contributed by atoms with van der Waals surface area (Å²) in [4.78, 5) is 4.57. The van der Waals surface area contributed by atoms with E-state index in [0.29, 0.717) is 0 Å². The number of benzene rings is 2. The van der Waals surface area contributed by atoms with Crippen LogP contribution in [0.15, 0.2) is 60.1 Å². The van der Waals surface area contributed by atoms with Crippen LogP contribution in [0.25, 0.3) is 10.8 Å². The molecule has 0 spiro atoms. The summed E-state index contributed by atoms with van der Waals surface area (Å²) in [5.74, 6) is 0.846. The Bertz CT molecular complexity index is 617. The second kappa shape index (κ2) is 8.10. The molecule has 0 aliphatic heterocycles. The Balaban J connectivity index is 1.97. The van der Waals surface area contributed by atoms with E-state index in [1.807, 2.05) is 6.08 Å². The summed E-state index contributed by atoms with van der Waals surface area (Å²) in [5, 5.41) is 9.00. The van der Waals surface area contributed by atoms with Crippen molar-refractivity contribution < 1.29 is 0 Å². The van der Waals surface area contributed by atoms with Crippen molar-refractivity contribution in [2.75, 3.05) is 19.6 Å². The van der Waals surface area contributed by atoms with E-state index in [1.165, 1.54) is 16.3 Å². The van der Waals surface area contributed by atoms with Crippen molar-refractivity contribution in [3.05, 3.63) is 60.7 Å². The summed E-state index contributed by atoms with van der Waals surface area (Å²) in [6, 6.07) is 15.0. The molecule has 110 valence electrons. The van der Waals surface area contributed by atoms with Crippen molar-refractivity contribution >= 4 is 16.7 Å². The normalized spacial score (nSPS) is 11.4. The number of hydrogen-bond donors (Lipinski definition) is 2. The van der Waals surface area contributed by atoms with Gasteiger partial charge in [0, 0.05) is 19.6 Å². The molecule has 3 heteroatoms. The highest BCUT2D eigenvalue weighted by atomic mass is 15.2. The SMILES string of the molecule is C=CCNC(=NCCc1ccc2ccccc2c1)NCC. The Hall–Kier alpha value is -2.29. The van der Waals surface area contributed by atoms with E-state index >= 15 is 0 Å². The van der Waals surface area contributed by atoms with Crippen LogP contribution in [0.4, 0.5) is 0 Å². The van der Waals surface area contributed by atoms with Crippen LogP contribution in [0.1, 0.15) is 12.5 Å². The van der Waals surface area contributed by atoms with Crippen molar-refractivity contribution in [3.63, 3.8) is 0 Å². The summed E-state index contributed by atoms with van der Waals surface area (Å²) < 4.78 is 0. The Labute approximate surface area is 126 Å². The summed E-state index contributed by atoms with van der Waals surface area (Å²) in [6.45, 7) is 8.12. The van der Waals surface area contributed by atoms with Crippen LogP contribution < -0.4 is 10.6 Å². The molecule has 21 heavy (non-hydrogen) atoms. The third-order valence-electron chi connectivity index (χ3n) is 3.24. The van der Waals surface area contributed by atoms with Gasteiger partial charge in [0.05, 0.1) is 0 Å². The maximum Gasteiger partial charge on any atom is 0.191 e. The topological polar surface area (TPSA) is 36.4 Å². The minimum Gasteiger partial charge on any atom is -0.357 e. The molecule has 0 aromatic heterocycles. The fourth-order valence-electron chi connectivity index (χ4n) is 2.20. The molecule has 0 heterocycles. The van der Waals surface area contributed by atoms with Gasteiger partial charge in [-0.2, -0.15) is 0 Å². The van der Waals surface area contributed by atoms with Crippen molar-refractivity contribution in [2.45, 2.75) is 13.3 Å². The maximum absolute atomic E-state index is 4.57. The molecule has 0 saturated carbocycles. The highest BCUT2D eigenvalue weighted by Gasteiger charge is 1.98. The van der Waals surface area contributed by atoms with Gasteiger partial charge in [-0.15, -0.1) is 6.58 Å². The van der Waals surface area contributed by atoms with Gasteiger partial charge in [-0.25, -0.2) is 0 Å². The molecule has 0 saturated heterocycles. The number of fused-ring (bicyclic) bond motifs is 1. The van der Waals surface area contributed by atoms with E-state index in [-0.39, 0.29) is 0 Å². The molecule has 3 nitrogen and oxygen atoms in total. The summed E-state index contributed by atoms with van der Waals surface area (Å²) in [6.07, 6.45) is 2.77. The molecule has 2 aromatic rings. The van der Waals surface area contributed by atoms with Gasteiger partial charge >= 0.3 is 0 Å². The standard InChI is InChI=1S/C18H23N3/c1-3-12-20-18(19-4-2)21-13-11-15-9-10-16-7-5-6-8-17(16)14-15/h3,5-10,14H,1,4,11-13H2,2H3,(H2,19,20,21). The summed E-state index contributed by atoms with van der Waals surface area (Å²) in [7, 11) is 0. The van der Waals surface area contributed by atoms with Crippen molar-refractivity contribution in [2.24, 2.45) is 4.99 Å². The predicted molar refractivity (Wildman–Crippen MR) is 91.8 cm³/mol. The van der Waals surface area contributed by atoms with Gasteiger partial charge in [-0.05, 0) is 29.7 Å². The average Bonchev–Trinajstić information content (AvgIpc) is 2.52. The number of aliphatic imine (C=N–C) groups is 1. The minimum atomic E-state index is 0.724. The number of guanidine groups is 1. The van der Waals surface area contributed by atoms with Crippen LogP contribution in [0, 0.1) is 0 Å². The number of rotatable bonds is 6. The van der Waals surface area contributed by atoms with Crippen LogP contribution in [0.2, 0.25) is 0 Å². The fraction of sp³-hybridized carbons (Fsp3) is 0.278. The second-order valence-electron chi connectivity index (χ2n) is 4.86. The Morgan fingerprint density at radius 1 is 1.14 bits per heavy atom. The largest absolute Gasteiger partial charge is 0.357 e. The lowest BCUT2D eigenvalue weighted by atomic mass is 10.1. The predicted octanol–water partition coefficient (Wildman–Crippen LogP) is 3.12. The lowest BCUT2D eigenvalue weighted by Gasteiger charge is -2.09. The summed E-state index contributed by atoms with van der Waals surface area (Å²) in [5.41, 5.74) is 1.32. The van der Waals surface area contributed by atoms with E-state index in [4.69, 9.17) is 0 Å². The van der Waals surface area contributed by atoms with Crippen LogP contribution in [-0.4, -0.2) is 25.6 Å². The molecule has 0 atom stereocenters. The van der Waals surface area contributed by atoms with Gasteiger partial charge in [0.25, 0.3) is 0 Å². The van der Waals surface area contributed by atoms with Gasteiger partial charge in [-0.3, -0.25) is 4.99 Å². The minimum absolute atomic E-state index is 0.724. The van der Waals surface area contributed by atoms with E-state index in [0.717, 1.165) is 32.0 Å². The van der Waals surface area contributed by atoms with E-state index in [2.05, 4.69) is 71.6 Å². The van der Waals surface area contributed by atoms with Crippen molar-refractivity contribution in [1.82, 2.24) is 10.6 Å². The monoisotopic (exact) mass is 281 g/mol.